The Morgan fingerprint density at radius 1 is 1.25 bits per heavy atom. The molecule has 20 heavy (non-hydrogen) atoms. The summed E-state index contributed by atoms with van der Waals surface area (Å²) in [6.07, 6.45) is 4.64. The van der Waals surface area contributed by atoms with Crippen LogP contribution >= 0.6 is 0 Å². The van der Waals surface area contributed by atoms with E-state index in [1.54, 1.807) is 6.26 Å². The zero-order valence-corrected chi connectivity index (χ0v) is 11.3. The van der Waals surface area contributed by atoms with Gasteiger partial charge in [-0.05, 0) is 24.3 Å². The zero-order valence-electron chi connectivity index (χ0n) is 11.3. The maximum atomic E-state index is 12.0. The lowest BCUT2D eigenvalue weighted by Gasteiger charge is -2.08. The van der Waals surface area contributed by atoms with Crippen LogP contribution in [-0.2, 0) is 18.3 Å². The largest absolute Gasteiger partial charge is 0.469 e. The van der Waals surface area contributed by atoms with E-state index in [1.807, 2.05) is 54.2 Å². The van der Waals surface area contributed by atoms with Crippen LogP contribution in [0.15, 0.2) is 53.3 Å². The van der Waals surface area contributed by atoms with E-state index in [2.05, 4.69) is 5.32 Å². The summed E-state index contributed by atoms with van der Waals surface area (Å²) in [7, 11) is 1.97. The number of para-hydroxylation sites is 1. The van der Waals surface area contributed by atoms with Crippen molar-refractivity contribution in [1.82, 2.24) is 4.57 Å². The van der Waals surface area contributed by atoms with Gasteiger partial charge in [0.05, 0.1) is 17.5 Å². The van der Waals surface area contributed by atoms with Crippen molar-refractivity contribution in [3.8, 4) is 0 Å². The summed E-state index contributed by atoms with van der Waals surface area (Å²) in [5.41, 5.74) is 1.89. The van der Waals surface area contributed by atoms with Crippen LogP contribution in [0.5, 0.6) is 0 Å². The summed E-state index contributed by atoms with van der Waals surface area (Å²) in [6, 6.07) is 11.7. The molecule has 2 heterocycles. The molecule has 0 radical (unpaired) electrons. The normalized spacial score (nSPS) is 10.8. The van der Waals surface area contributed by atoms with Gasteiger partial charge in [0.1, 0.15) is 5.76 Å². The highest BCUT2D eigenvalue weighted by atomic mass is 16.3. The number of nitrogens with zero attached hydrogens (tertiary/aromatic N) is 1. The number of fused-ring (bicyclic) bond motifs is 1. The number of aryl methyl sites for hydroxylation is 2. The lowest BCUT2D eigenvalue weighted by Crippen LogP contribution is -2.13. The SMILES string of the molecule is Cn1ccc2cccc(NC(=O)CCc3ccco3)c21. The summed E-state index contributed by atoms with van der Waals surface area (Å²) in [6.45, 7) is 0. The second kappa shape index (κ2) is 5.25. The molecule has 3 aromatic rings. The van der Waals surface area contributed by atoms with E-state index in [0.29, 0.717) is 12.8 Å². The molecular weight excluding hydrogens is 252 g/mol. The molecule has 4 heteroatoms. The van der Waals surface area contributed by atoms with Gasteiger partial charge in [-0.2, -0.15) is 0 Å². The van der Waals surface area contributed by atoms with Crippen LogP contribution in [0.25, 0.3) is 10.9 Å². The summed E-state index contributed by atoms with van der Waals surface area (Å²) in [4.78, 5) is 12.0. The van der Waals surface area contributed by atoms with Crippen molar-refractivity contribution in [2.75, 3.05) is 5.32 Å². The fourth-order valence-corrected chi connectivity index (χ4v) is 2.36. The molecule has 4 nitrogen and oxygen atoms in total. The Morgan fingerprint density at radius 3 is 2.95 bits per heavy atom. The standard InChI is InChI=1S/C16H16N2O2/c1-18-10-9-12-4-2-6-14(16(12)18)17-15(19)8-7-13-5-3-11-20-13/h2-6,9-11H,7-8H2,1H3,(H,17,19). The Hall–Kier alpha value is -2.49. The first-order chi connectivity index (χ1) is 9.74. The minimum atomic E-state index is -0.00454. The number of hydrogen-bond acceptors (Lipinski definition) is 2. The zero-order chi connectivity index (χ0) is 13.9. The van der Waals surface area contributed by atoms with Crippen LogP contribution in [0.1, 0.15) is 12.2 Å². The number of carbonyl (C=O) groups is 1. The van der Waals surface area contributed by atoms with Crippen LogP contribution in [0.4, 0.5) is 5.69 Å². The number of amides is 1. The van der Waals surface area contributed by atoms with E-state index >= 15 is 0 Å². The number of furan rings is 1. The predicted octanol–water partition coefficient (Wildman–Crippen LogP) is 3.34. The van der Waals surface area contributed by atoms with E-state index < -0.39 is 0 Å². The van der Waals surface area contributed by atoms with Gasteiger partial charge in [0, 0.05) is 31.5 Å². The summed E-state index contributed by atoms with van der Waals surface area (Å²) in [5.74, 6) is 0.826. The van der Waals surface area contributed by atoms with Gasteiger partial charge in [-0.3, -0.25) is 4.79 Å². The average molecular weight is 268 g/mol. The van der Waals surface area contributed by atoms with Crippen molar-refractivity contribution >= 4 is 22.5 Å². The van der Waals surface area contributed by atoms with Gasteiger partial charge < -0.3 is 14.3 Å². The first-order valence-corrected chi connectivity index (χ1v) is 6.60. The molecule has 0 aliphatic carbocycles. The molecule has 1 amide bonds. The molecule has 0 aliphatic heterocycles. The molecule has 0 saturated heterocycles. The molecular formula is C16H16N2O2. The van der Waals surface area contributed by atoms with Crippen molar-refractivity contribution in [2.45, 2.75) is 12.8 Å². The Labute approximate surface area is 117 Å². The minimum Gasteiger partial charge on any atom is -0.469 e. The molecule has 0 atom stereocenters. The fourth-order valence-electron chi connectivity index (χ4n) is 2.36. The quantitative estimate of drug-likeness (QED) is 0.788. The third-order valence-electron chi connectivity index (χ3n) is 3.35. The van der Waals surface area contributed by atoms with Gasteiger partial charge in [-0.1, -0.05) is 12.1 Å². The lowest BCUT2D eigenvalue weighted by molar-refractivity contribution is -0.116. The summed E-state index contributed by atoms with van der Waals surface area (Å²) >= 11 is 0. The molecule has 0 unspecified atom stereocenters. The minimum absolute atomic E-state index is 0.00454. The topological polar surface area (TPSA) is 47.2 Å². The Kier molecular flexibility index (Phi) is 3.29. The predicted molar refractivity (Wildman–Crippen MR) is 78.6 cm³/mol. The first-order valence-electron chi connectivity index (χ1n) is 6.60. The Bertz CT molecular complexity index is 726. The smallest absolute Gasteiger partial charge is 0.224 e. The fraction of sp³-hybridized carbons (Fsp3) is 0.188. The molecule has 102 valence electrons. The third kappa shape index (κ3) is 2.45. The van der Waals surface area contributed by atoms with Crippen LogP contribution in [0.2, 0.25) is 0 Å². The number of carbonyl (C=O) groups excluding carboxylic acids is 1. The van der Waals surface area contributed by atoms with E-state index in [1.165, 1.54) is 0 Å². The monoisotopic (exact) mass is 268 g/mol. The summed E-state index contributed by atoms with van der Waals surface area (Å²) in [5, 5.41) is 4.09. The molecule has 2 aromatic heterocycles. The number of rotatable bonds is 4. The summed E-state index contributed by atoms with van der Waals surface area (Å²) < 4.78 is 7.24. The lowest BCUT2D eigenvalue weighted by atomic mass is 10.2. The Morgan fingerprint density at radius 2 is 2.15 bits per heavy atom. The van der Waals surface area contributed by atoms with Crippen LogP contribution in [-0.4, -0.2) is 10.5 Å². The van der Waals surface area contributed by atoms with E-state index in [9.17, 15) is 4.79 Å². The molecule has 3 rings (SSSR count). The van der Waals surface area contributed by atoms with Crippen LogP contribution in [0, 0.1) is 0 Å². The van der Waals surface area contributed by atoms with Gasteiger partial charge in [0.25, 0.3) is 0 Å². The Balaban J connectivity index is 1.72. The number of aromatic nitrogens is 1. The molecule has 1 N–H and O–H groups in total. The number of nitrogens with one attached hydrogen (secondary N) is 1. The van der Waals surface area contributed by atoms with Gasteiger partial charge in [0.15, 0.2) is 0 Å². The number of benzene rings is 1. The number of anilines is 1. The van der Waals surface area contributed by atoms with Crippen molar-refractivity contribution in [2.24, 2.45) is 7.05 Å². The molecule has 0 spiro atoms. The highest BCUT2D eigenvalue weighted by Crippen LogP contribution is 2.23. The molecule has 0 aliphatic rings. The van der Waals surface area contributed by atoms with E-state index in [4.69, 9.17) is 4.42 Å². The van der Waals surface area contributed by atoms with Crippen molar-refractivity contribution in [3.63, 3.8) is 0 Å². The van der Waals surface area contributed by atoms with Crippen molar-refractivity contribution in [1.29, 1.82) is 0 Å². The third-order valence-corrected chi connectivity index (χ3v) is 3.35. The molecule has 0 fully saturated rings. The van der Waals surface area contributed by atoms with E-state index in [-0.39, 0.29) is 5.91 Å². The van der Waals surface area contributed by atoms with E-state index in [0.717, 1.165) is 22.4 Å². The second-order valence-corrected chi connectivity index (χ2v) is 4.80. The maximum Gasteiger partial charge on any atom is 0.224 e. The van der Waals surface area contributed by atoms with Crippen molar-refractivity contribution < 1.29 is 9.21 Å². The van der Waals surface area contributed by atoms with Crippen LogP contribution < -0.4 is 5.32 Å². The highest BCUT2D eigenvalue weighted by Gasteiger charge is 2.09. The molecule has 1 aromatic carbocycles. The van der Waals surface area contributed by atoms with Crippen LogP contribution in [0.3, 0.4) is 0 Å². The highest BCUT2D eigenvalue weighted by molar-refractivity contribution is 6.00. The first kappa shape index (κ1) is 12.5. The van der Waals surface area contributed by atoms with Gasteiger partial charge in [0.2, 0.25) is 5.91 Å². The second-order valence-electron chi connectivity index (χ2n) is 4.80. The van der Waals surface area contributed by atoms with Crippen molar-refractivity contribution in [3.05, 3.63) is 54.6 Å². The molecule has 0 bridgehead atoms. The maximum absolute atomic E-state index is 12.0. The van der Waals surface area contributed by atoms with Gasteiger partial charge in [-0.15, -0.1) is 0 Å². The van der Waals surface area contributed by atoms with Gasteiger partial charge >= 0.3 is 0 Å². The average Bonchev–Trinajstić information content (AvgIpc) is 3.07. The van der Waals surface area contributed by atoms with Gasteiger partial charge in [-0.25, -0.2) is 0 Å². The molecule has 0 saturated carbocycles. The number of hydrogen-bond donors (Lipinski definition) is 1.